The fraction of sp³-hybridized carbons (Fsp3) is 0.229. The number of anilines is 1. The third-order valence-corrected chi connectivity index (χ3v) is 8.73. The Morgan fingerprint density at radius 1 is 1.04 bits per heavy atom. The Bertz CT molecular complexity index is 1820. The predicted octanol–water partition coefficient (Wildman–Crippen LogP) is 7.56. The number of rotatable bonds is 12. The maximum Gasteiger partial charge on any atom is 0.269 e. The number of hydrogen-bond donors (Lipinski definition) is 2. The van der Waals surface area contributed by atoms with E-state index >= 15 is 0 Å². The average molecular weight is 655 g/mol. The zero-order chi connectivity index (χ0) is 32.6. The van der Waals surface area contributed by atoms with Crippen molar-refractivity contribution in [2.45, 2.75) is 39.3 Å². The van der Waals surface area contributed by atoms with E-state index in [1.54, 1.807) is 29.2 Å². The van der Waals surface area contributed by atoms with Crippen molar-refractivity contribution in [1.29, 1.82) is 0 Å². The Labute approximate surface area is 278 Å². The molecule has 5 aromatic rings. The summed E-state index contributed by atoms with van der Waals surface area (Å²) in [6.07, 6.45) is 4.17. The van der Waals surface area contributed by atoms with E-state index in [1.165, 1.54) is 12.1 Å². The van der Waals surface area contributed by atoms with E-state index in [0.717, 1.165) is 28.4 Å². The fourth-order valence-corrected chi connectivity index (χ4v) is 5.71. The molecule has 4 aromatic carbocycles. The number of non-ortho nitro benzene ring substituents is 1. The third-order valence-electron chi connectivity index (χ3n) is 8.11. The Morgan fingerprint density at radius 2 is 1.76 bits per heavy atom. The van der Waals surface area contributed by atoms with Crippen molar-refractivity contribution in [3.63, 3.8) is 0 Å². The van der Waals surface area contributed by atoms with E-state index in [2.05, 4.69) is 58.6 Å². The van der Waals surface area contributed by atoms with Crippen LogP contribution in [-0.4, -0.2) is 43.0 Å². The lowest BCUT2D eigenvalue weighted by Crippen LogP contribution is -2.50. The molecule has 1 amide bonds. The number of imidazole rings is 1. The molecule has 0 bridgehead atoms. The minimum absolute atomic E-state index is 0.00363. The molecule has 2 unspecified atom stereocenters. The van der Waals surface area contributed by atoms with Gasteiger partial charge in [0.05, 0.1) is 23.4 Å². The number of nitro benzene ring substituents is 1. The summed E-state index contributed by atoms with van der Waals surface area (Å²) in [5, 5.41) is 21.2. The Morgan fingerprint density at radius 3 is 2.48 bits per heavy atom. The van der Waals surface area contributed by atoms with E-state index in [9.17, 15) is 14.9 Å². The Kier molecular flexibility index (Phi) is 10.6. The summed E-state index contributed by atoms with van der Waals surface area (Å²) in [7, 11) is 0. The number of carbonyl (C=O) groups is 1. The maximum absolute atomic E-state index is 13.6. The lowest BCUT2D eigenvalue weighted by Gasteiger charge is -2.33. The topological polar surface area (TPSA) is 105 Å². The molecule has 0 spiro atoms. The van der Waals surface area contributed by atoms with E-state index < -0.39 is 4.92 Å². The van der Waals surface area contributed by atoms with Crippen molar-refractivity contribution in [3.8, 4) is 5.69 Å². The molecule has 0 aliphatic rings. The van der Waals surface area contributed by atoms with Crippen LogP contribution in [0.25, 0.3) is 16.5 Å². The van der Waals surface area contributed by atoms with E-state index in [0.29, 0.717) is 34.6 Å². The number of nitro groups is 1. The van der Waals surface area contributed by atoms with Crippen molar-refractivity contribution in [2.24, 2.45) is 5.92 Å². The first-order valence-electron chi connectivity index (χ1n) is 15.1. The summed E-state index contributed by atoms with van der Waals surface area (Å²) in [5.41, 5.74) is 3.29. The van der Waals surface area contributed by atoms with Gasteiger partial charge in [-0.15, -0.1) is 0 Å². The molecule has 236 valence electrons. The number of nitrogens with zero attached hydrogens (tertiary/aromatic N) is 4. The van der Waals surface area contributed by atoms with Gasteiger partial charge in [-0.25, -0.2) is 4.98 Å². The first-order chi connectivity index (χ1) is 22.2. The molecule has 0 saturated heterocycles. The number of fused-ring (bicyclic) bond motifs is 1. The van der Waals surface area contributed by atoms with Crippen LogP contribution < -0.4 is 10.6 Å². The van der Waals surface area contributed by atoms with Gasteiger partial charge in [0.1, 0.15) is 0 Å². The van der Waals surface area contributed by atoms with Crippen LogP contribution in [0, 0.1) is 16.0 Å². The minimum atomic E-state index is -0.443. The highest BCUT2D eigenvalue weighted by Crippen LogP contribution is 2.23. The van der Waals surface area contributed by atoms with Gasteiger partial charge in [0.2, 0.25) is 5.91 Å². The highest BCUT2D eigenvalue weighted by Gasteiger charge is 2.24. The van der Waals surface area contributed by atoms with Gasteiger partial charge in [-0.05, 0) is 70.9 Å². The molecule has 1 heterocycles. The summed E-state index contributed by atoms with van der Waals surface area (Å²) in [4.78, 5) is 30.5. The van der Waals surface area contributed by atoms with Crippen molar-refractivity contribution in [2.75, 3.05) is 11.9 Å². The van der Waals surface area contributed by atoms with Crippen LogP contribution in [0.3, 0.4) is 0 Å². The lowest BCUT2D eigenvalue weighted by molar-refractivity contribution is -0.384. The molecule has 1 aromatic heterocycles. The summed E-state index contributed by atoms with van der Waals surface area (Å²) >= 11 is 12.1. The molecule has 5 rings (SSSR count). The molecule has 0 aliphatic carbocycles. The molecule has 0 radical (unpaired) electrons. The summed E-state index contributed by atoms with van der Waals surface area (Å²) < 4.78 is 1.76. The molecule has 46 heavy (non-hydrogen) atoms. The van der Waals surface area contributed by atoms with Crippen LogP contribution in [-0.2, 0) is 17.8 Å². The van der Waals surface area contributed by atoms with Crippen LogP contribution in [0.4, 0.5) is 11.4 Å². The highest BCUT2D eigenvalue weighted by atomic mass is 35.5. The van der Waals surface area contributed by atoms with Gasteiger partial charge in [-0.1, -0.05) is 74.3 Å². The average Bonchev–Trinajstić information content (AvgIpc) is 3.52. The number of carbonyl (C=O) groups excluding carboxylic acids is 1. The number of amides is 1. The number of halogens is 1. The van der Waals surface area contributed by atoms with Gasteiger partial charge in [-0.3, -0.25) is 14.9 Å². The minimum Gasteiger partial charge on any atom is -0.351 e. The number of nitrogens with one attached hydrogen (secondary N) is 2. The first kappa shape index (κ1) is 32.6. The van der Waals surface area contributed by atoms with Gasteiger partial charge in [-0.2, -0.15) is 0 Å². The predicted molar refractivity (Wildman–Crippen MR) is 187 cm³/mol. The largest absolute Gasteiger partial charge is 0.351 e. The Balaban J connectivity index is 1.37. The van der Waals surface area contributed by atoms with Gasteiger partial charge in [0, 0.05) is 53.9 Å². The lowest BCUT2D eigenvalue weighted by atomic mass is 9.97. The zero-order valence-electron chi connectivity index (χ0n) is 25.6. The molecule has 2 atom stereocenters. The SMILES string of the molecule is CCC(C)C(CN(Cc1cccc2ccccc12)C(=S)Nc1ccc(Cl)cc1)NC(=O)Cc1cncn1-c1ccc([N+](=O)[O-])cc1. The normalized spacial score (nSPS) is 12.3. The van der Waals surface area contributed by atoms with Crippen molar-refractivity contribution < 1.29 is 9.72 Å². The maximum atomic E-state index is 13.6. The molecule has 2 N–H and O–H groups in total. The number of hydrogen-bond acceptors (Lipinski definition) is 5. The number of aromatic nitrogens is 2. The monoisotopic (exact) mass is 654 g/mol. The number of thiocarbonyl (C=S) groups is 1. The highest BCUT2D eigenvalue weighted by molar-refractivity contribution is 7.80. The van der Waals surface area contributed by atoms with E-state index in [4.69, 9.17) is 23.8 Å². The summed E-state index contributed by atoms with van der Waals surface area (Å²) in [5.74, 6) is -0.00691. The van der Waals surface area contributed by atoms with Crippen LogP contribution in [0.5, 0.6) is 0 Å². The molecule has 0 aliphatic heterocycles. The van der Waals surface area contributed by atoms with E-state index in [1.807, 2.05) is 42.5 Å². The molecular formula is C35H35ClN6O3S. The fourth-order valence-electron chi connectivity index (χ4n) is 5.32. The summed E-state index contributed by atoms with van der Waals surface area (Å²) in [6, 6.07) is 27.8. The smallest absolute Gasteiger partial charge is 0.269 e. The summed E-state index contributed by atoms with van der Waals surface area (Å²) in [6.45, 7) is 5.24. The molecule has 0 fully saturated rings. The second-order valence-corrected chi connectivity index (χ2v) is 12.0. The molecule has 9 nitrogen and oxygen atoms in total. The molecular weight excluding hydrogens is 620 g/mol. The second-order valence-electron chi connectivity index (χ2n) is 11.2. The van der Waals surface area contributed by atoms with Crippen molar-refractivity contribution in [3.05, 3.63) is 130 Å². The van der Waals surface area contributed by atoms with Gasteiger partial charge in [0.15, 0.2) is 5.11 Å². The first-order valence-corrected chi connectivity index (χ1v) is 15.8. The van der Waals surface area contributed by atoms with Crippen molar-refractivity contribution in [1.82, 2.24) is 19.8 Å². The number of benzene rings is 4. The molecule has 11 heteroatoms. The third kappa shape index (κ3) is 8.07. The van der Waals surface area contributed by atoms with Crippen molar-refractivity contribution >= 4 is 57.0 Å². The van der Waals surface area contributed by atoms with Gasteiger partial charge >= 0.3 is 0 Å². The second kappa shape index (κ2) is 15.0. The Hall–Kier alpha value is -4.80. The van der Waals surface area contributed by atoms with Crippen LogP contribution >= 0.6 is 23.8 Å². The standard InChI is InChI=1S/C35H35ClN6O3S/c1-3-24(2)33(39-34(43)19-31-20-37-23-41(31)29-15-17-30(18-16-29)42(44)45)22-40(35(46)38-28-13-11-27(36)12-14-28)21-26-9-6-8-25-7-4-5-10-32(25)26/h4-18,20,23-24,33H,3,19,21-22H2,1-2H3,(H,38,46)(H,39,43). The van der Waals surface area contributed by atoms with Crippen LogP contribution in [0.15, 0.2) is 104 Å². The quantitative estimate of drug-likeness (QED) is 0.0813. The van der Waals surface area contributed by atoms with Crippen LogP contribution in [0.1, 0.15) is 31.5 Å². The van der Waals surface area contributed by atoms with Crippen LogP contribution in [0.2, 0.25) is 5.02 Å². The van der Waals surface area contributed by atoms with Gasteiger partial charge in [0.25, 0.3) is 5.69 Å². The van der Waals surface area contributed by atoms with E-state index in [-0.39, 0.29) is 30.0 Å². The molecule has 0 saturated carbocycles. The zero-order valence-corrected chi connectivity index (χ0v) is 27.2. The van der Waals surface area contributed by atoms with Gasteiger partial charge < -0.3 is 20.1 Å².